The molecule has 4 nitrogen and oxygen atoms in total. The van der Waals surface area contributed by atoms with Crippen molar-refractivity contribution in [2.24, 2.45) is 0 Å². The number of thiazole rings is 1. The molecule has 1 N–H and O–H groups in total. The summed E-state index contributed by atoms with van der Waals surface area (Å²) in [6, 6.07) is 11.4. The van der Waals surface area contributed by atoms with Crippen LogP contribution in [-0.4, -0.2) is 16.4 Å². The predicted molar refractivity (Wildman–Crippen MR) is 72.5 cm³/mol. The van der Waals surface area contributed by atoms with Gasteiger partial charge in [0.1, 0.15) is 15.4 Å². The number of anilines is 1. The van der Waals surface area contributed by atoms with Gasteiger partial charge < -0.3 is 5.32 Å². The van der Waals surface area contributed by atoms with Gasteiger partial charge in [0, 0.05) is 17.4 Å². The molecule has 2 aromatic heterocycles. The van der Waals surface area contributed by atoms with Crippen LogP contribution in [0.3, 0.4) is 0 Å². The quantitative estimate of drug-likeness (QED) is 0.732. The zero-order valence-corrected chi connectivity index (χ0v) is 10.1. The molecule has 3 aromatic rings. The largest absolute Gasteiger partial charge is 0.329 e. The zero-order valence-electron chi connectivity index (χ0n) is 9.33. The maximum absolute atomic E-state index is 10.4. The Bertz CT molecular complexity index is 675. The number of aromatic nitrogens is 2. The summed E-state index contributed by atoms with van der Waals surface area (Å²) in [7, 11) is 0. The van der Waals surface area contributed by atoms with Crippen molar-refractivity contribution in [3.63, 3.8) is 0 Å². The fourth-order valence-electron chi connectivity index (χ4n) is 1.70. The number of carbonyl (C=O) groups excluding carboxylic acids is 1. The molecule has 0 aliphatic carbocycles. The monoisotopic (exact) mass is 255 g/mol. The highest BCUT2D eigenvalue weighted by Crippen LogP contribution is 2.29. The molecule has 0 aliphatic heterocycles. The standard InChI is InChI=1S/C13H9N3OS/c17-8-15-10-4-1-3-9(7-10)12-16-11-5-2-6-14-13(11)18-12/h1-8H,(H,15,17). The van der Waals surface area contributed by atoms with Crippen molar-refractivity contribution in [2.75, 3.05) is 5.32 Å². The van der Waals surface area contributed by atoms with Gasteiger partial charge in [0.15, 0.2) is 0 Å². The normalized spacial score (nSPS) is 10.4. The molecule has 0 saturated heterocycles. The second-order valence-corrected chi connectivity index (χ2v) is 4.67. The fraction of sp³-hybridized carbons (Fsp3) is 0. The van der Waals surface area contributed by atoms with Gasteiger partial charge in [-0.2, -0.15) is 0 Å². The van der Waals surface area contributed by atoms with E-state index in [0.29, 0.717) is 6.41 Å². The lowest BCUT2D eigenvalue weighted by atomic mass is 10.2. The third kappa shape index (κ3) is 1.96. The first-order valence-corrected chi connectivity index (χ1v) is 6.20. The lowest BCUT2D eigenvalue weighted by Gasteiger charge is -2.00. The number of pyridine rings is 1. The smallest absolute Gasteiger partial charge is 0.211 e. The SMILES string of the molecule is O=CNc1cccc(-c2nc3cccnc3s2)c1. The average Bonchev–Trinajstić information content (AvgIpc) is 2.83. The van der Waals surface area contributed by atoms with Crippen LogP contribution in [0, 0.1) is 0 Å². The van der Waals surface area contributed by atoms with Crippen molar-refractivity contribution in [3.8, 4) is 10.6 Å². The van der Waals surface area contributed by atoms with E-state index in [0.717, 1.165) is 26.6 Å². The Morgan fingerprint density at radius 2 is 2.17 bits per heavy atom. The van der Waals surface area contributed by atoms with Crippen LogP contribution < -0.4 is 5.32 Å². The molecule has 0 fully saturated rings. The minimum Gasteiger partial charge on any atom is -0.329 e. The topological polar surface area (TPSA) is 54.9 Å². The molecule has 1 aromatic carbocycles. The van der Waals surface area contributed by atoms with Crippen LogP contribution in [-0.2, 0) is 4.79 Å². The van der Waals surface area contributed by atoms with Crippen LogP contribution in [0.4, 0.5) is 5.69 Å². The Hall–Kier alpha value is -2.27. The molecule has 0 atom stereocenters. The van der Waals surface area contributed by atoms with E-state index in [2.05, 4.69) is 15.3 Å². The van der Waals surface area contributed by atoms with E-state index in [1.807, 2.05) is 36.4 Å². The van der Waals surface area contributed by atoms with Crippen LogP contribution in [0.15, 0.2) is 42.6 Å². The highest BCUT2D eigenvalue weighted by molar-refractivity contribution is 7.21. The third-order valence-electron chi connectivity index (χ3n) is 2.50. The zero-order chi connectivity index (χ0) is 12.4. The number of nitrogens with one attached hydrogen (secondary N) is 1. The molecule has 18 heavy (non-hydrogen) atoms. The number of benzene rings is 1. The maximum Gasteiger partial charge on any atom is 0.211 e. The second-order valence-electron chi connectivity index (χ2n) is 3.69. The summed E-state index contributed by atoms with van der Waals surface area (Å²) in [4.78, 5) is 20.1. The summed E-state index contributed by atoms with van der Waals surface area (Å²) >= 11 is 1.54. The second kappa shape index (κ2) is 4.54. The van der Waals surface area contributed by atoms with Crippen molar-refractivity contribution >= 4 is 33.8 Å². The van der Waals surface area contributed by atoms with Crippen molar-refractivity contribution in [3.05, 3.63) is 42.6 Å². The number of nitrogens with zero attached hydrogens (tertiary/aromatic N) is 2. The van der Waals surface area contributed by atoms with Gasteiger partial charge in [-0.15, -0.1) is 0 Å². The van der Waals surface area contributed by atoms with E-state index in [4.69, 9.17) is 0 Å². The number of carbonyl (C=O) groups is 1. The molecule has 88 valence electrons. The molecule has 0 unspecified atom stereocenters. The van der Waals surface area contributed by atoms with Gasteiger partial charge in [-0.05, 0) is 24.3 Å². The van der Waals surface area contributed by atoms with Crippen molar-refractivity contribution in [2.45, 2.75) is 0 Å². The van der Waals surface area contributed by atoms with Crippen molar-refractivity contribution in [1.29, 1.82) is 0 Å². The number of hydrogen-bond acceptors (Lipinski definition) is 4. The molecule has 0 aliphatic rings. The molecule has 3 rings (SSSR count). The number of amides is 1. The molecule has 5 heteroatoms. The van der Waals surface area contributed by atoms with E-state index >= 15 is 0 Å². The van der Waals surface area contributed by atoms with Crippen LogP contribution in [0.5, 0.6) is 0 Å². The maximum atomic E-state index is 10.4. The van der Waals surface area contributed by atoms with E-state index < -0.39 is 0 Å². The molecule has 2 heterocycles. The third-order valence-corrected chi connectivity index (χ3v) is 3.53. The van der Waals surface area contributed by atoms with Crippen molar-refractivity contribution < 1.29 is 4.79 Å². The fourth-order valence-corrected chi connectivity index (χ4v) is 2.61. The Labute approximate surface area is 107 Å². The van der Waals surface area contributed by atoms with Crippen LogP contribution in [0.1, 0.15) is 0 Å². The minimum atomic E-state index is 0.666. The Kier molecular flexibility index (Phi) is 2.74. The lowest BCUT2D eigenvalue weighted by molar-refractivity contribution is -0.105. The van der Waals surface area contributed by atoms with Crippen LogP contribution in [0.25, 0.3) is 20.9 Å². The van der Waals surface area contributed by atoms with E-state index in [1.165, 1.54) is 11.3 Å². The molecule has 0 radical (unpaired) electrons. The highest BCUT2D eigenvalue weighted by atomic mass is 32.1. The Morgan fingerprint density at radius 3 is 3.00 bits per heavy atom. The first-order valence-electron chi connectivity index (χ1n) is 5.39. The highest BCUT2D eigenvalue weighted by Gasteiger charge is 2.06. The summed E-state index contributed by atoms with van der Waals surface area (Å²) in [6.45, 7) is 0. The summed E-state index contributed by atoms with van der Waals surface area (Å²) in [5, 5.41) is 3.53. The van der Waals surface area contributed by atoms with Crippen LogP contribution in [0.2, 0.25) is 0 Å². The molecular formula is C13H9N3OS. The summed E-state index contributed by atoms with van der Waals surface area (Å²) in [5.74, 6) is 0. The number of rotatable bonds is 3. The van der Waals surface area contributed by atoms with Gasteiger partial charge in [0.2, 0.25) is 6.41 Å². The molecule has 0 bridgehead atoms. The first-order chi connectivity index (χ1) is 8.86. The Morgan fingerprint density at radius 1 is 1.22 bits per heavy atom. The number of hydrogen-bond donors (Lipinski definition) is 1. The predicted octanol–water partition coefficient (Wildman–Crippen LogP) is 2.93. The Balaban J connectivity index is 2.08. The average molecular weight is 255 g/mol. The lowest BCUT2D eigenvalue weighted by Crippen LogP contribution is -1.93. The molecular weight excluding hydrogens is 246 g/mol. The first kappa shape index (κ1) is 10.9. The van der Waals surface area contributed by atoms with Gasteiger partial charge >= 0.3 is 0 Å². The molecule has 0 spiro atoms. The van der Waals surface area contributed by atoms with E-state index in [-0.39, 0.29) is 0 Å². The van der Waals surface area contributed by atoms with Crippen LogP contribution >= 0.6 is 11.3 Å². The minimum absolute atomic E-state index is 0.666. The van der Waals surface area contributed by atoms with Gasteiger partial charge in [-0.3, -0.25) is 4.79 Å². The van der Waals surface area contributed by atoms with Gasteiger partial charge in [0.25, 0.3) is 0 Å². The summed E-state index contributed by atoms with van der Waals surface area (Å²) in [6.07, 6.45) is 2.42. The van der Waals surface area contributed by atoms with E-state index in [1.54, 1.807) is 6.20 Å². The van der Waals surface area contributed by atoms with Gasteiger partial charge in [-0.25, -0.2) is 9.97 Å². The van der Waals surface area contributed by atoms with Gasteiger partial charge in [-0.1, -0.05) is 23.5 Å². The summed E-state index contributed by atoms with van der Waals surface area (Å²) in [5.41, 5.74) is 2.63. The molecule has 0 saturated carbocycles. The summed E-state index contributed by atoms with van der Waals surface area (Å²) < 4.78 is 0. The van der Waals surface area contributed by atoms with Crippen molar-refractivity contribution in [1.82, 2.24) is 9.97 Å². The van der Waals surface area contributed by atoms with Gasteiger partial charge in [0.05, 0.1) is 0 Å². The van der Waals surface area contributed by atoms with E-state index in [9.17, 15) is 4.79 Å². The molecule has 1 amide bonds. The number of fused-ring (bicyclic) bond motifs is 1.